The standard InChI is InChI=1S/C14H23FN2/c1-4-8-17(5-2)11-13-9-12(10-16-3)6-7-14(13)15/h6-7,9,16H,4-5,8,10-11H2,1-3H3. The molecule has 17 heavy (non-hydrogen) atoms. The normalized spacial score (nSPS) is 11.1. The highest BCUT2D eigenvalue weighted by Gasteiger charge is 2.08. The van der Waals surface area contributed by atoms with Gasteiger partial charge >= 0.3 is 0 Å². The van der Waals surface area contributed by atoms with Crippen LogP contribution in [0.4, 0.5) is 4.39 Å². The fourth-order valence-corrected chi connectivity index (χ4v) is 1.97. The van der Waals surface area contributed by atoms with Crippen molar-refractivity contribution in [3.05, 3.63) is 35.1 Å². The average Bonchev–Trinajstić information content (AvgIpc) is 2.33. The summed E-state index contributed by atoms with van der Waals surface area (Å²) >= 11 is 0. The fourth-order valence-electron chi connectivity index (χ4n) is 1.97. The van der Waals surface area contributed by atoms with Crippen LogP contribution in [0.2, 0.25) is 0 Å². The van der Waals surface area contributed by atoms with Gasteiger partial charge in [-0.2, -0.15) is 0 Å². The second kappa shape index (κ2) is 7.41. The summed E-state index contributed by atoms with van der Waals surface area (Å²) in [7, 11) is 1.90. The van der Waals surface area contributed by atoms with Crippen molar-refractivity contribution in [1.82, 2.24) is 10.2 Å². The summed E-state index contributed by atoms with van der Waals surface area (Å²) in [6, 6.07) is 5.37. The van der Waals surface area contributed by atoms with Crippen LogP contribution in [0.5, 0.6) is 0 Å². The highest BCUT2D eigenvalue weighted by atomic mass is 19.1. The SMILES string of the molecule is CCCN(CC)Cc1cc(CNC)ccc1F. The lowest BCUT2D eigenvalue weighted by molar-refractivity contribution is 0.276. The van der Waals surface area contributed by atoms with Crippen LogP contribution in [-0.4, -0.2) is 25.0 Å². The fraction of sp³-hybridized carbons (Fsp3) is 0.571. The van der Waals surface area contributed by atoms with Gasteiger partial charge in [0.1, 0.15) is 5.82 Å². The minimum absolute atomic E-state index is 0.0978. The molecule has 0 aliphatic carbocycles. The van der Waals surface area contributed by atoms with E-state index in [9.17, 15) is 4.39 Å². The van der Waals surface area contributed by atoms with E-state index in [1.54, 1.807) is 6.07 Å². The molecule has 2 nitrogen and oxygen atoms in total. The number of nitrogens with one attached hydrogen (secondary N) is 1. The topological polar surface area (TPSA) is 15.3 Å². The summed E-state index contributed by atoms with van der Waals surface area (Å²) < 4.78 is 13.7. The van der Waals surface area contributed by atoms with E-state index in [2.05, 4.69) is 24.1 Å². The van der Waals surface area contributed by atoms with Gasteiger partial charge in [0.25, 0.3) is 0 Å². The van der Waals surface area contributed by atoms with Crippen molar-refractivity contribution >= 4 is 0 Å². The van der Waals surface area contributed by atoms with E-state index in [-0.39, 0.29) is 5.82 Å². The second-order valence-electron chi connectivity index (χ2n) is 4.32. The Labute approximate surface area is 104 Å². The number of halogens is 1. The Morgan fingerprint density at radius 1 is 1.29 bits per heavy atom. The molecular weight excluding hydrogens is 215 g/mol. The maximum Gasteiger partial charge on any atom is 0.127 e. The van der Waals surface area contributed by atoms with Crippen molar-refractivity contribution < 1.29 is 4.39 Å². The summed E-state index contributed by atoms with van der Waals surface area (Å²) in [5.41, 5.74) is 1.93. The maximum atomic E-state index is 13.7. The Hall–Kier alpha value is -0.930. The molecule has 0 saturated carbocycles. The highest BCUT2D eigenvalue weighted by molar-refractivity contribution is 5.25. The Balaban J connectivity index is 2.76. The molecule has 0 aliphatic rings. The molecule has 3 heteroatoms. The first-order valence-corrected chi connectivity index (χ1v) is 6.35. The number of hydrogen-bond donors (Lipinski definition) is 1. The molecule has 0 amide bonds. The van der Waals surface area contributed by atoms with E-state index in [4.69, 9.17) is 0 Å². The Kier molecular flexibility index (Phi) is 6.16. The van der Waals surface area contributed by atoms with Gasteiger partial charge in [-0.05, 0) is 38.2 Å². The molecule has 1 aromatic carbocycles. The van der Waals surface area contributed by atoms with Crippen LogP contribution in [0.25, 0.3) is 0 Å². The highest BCUT2D eigenvalue weighted by Crippen LogP contribution is 2.13. The van der Waals surface area contributed by atoms with Crippen LogP contribution in [0.3, 0.4) is 0 Å². The number of benzene rings is 1. The number of rotatable bonds is 7. The van der Waals surface area contributed by atoms with Crippen LogP contribution < -0.4 is 5.32 Å². The van der Waals surface area contributed by atoms with Gasteiger partial charge in [-0.3, -0.25) is 4.90 Å². The molecule has 0 aliphatic heterocycles. The van der Waals surface area contributed by atoms with E-state index in [1.807, 2.05) is 19.2 Å². The zero-order valence-corrected chi connectivity index (χ0v) is 11.1. The van der Waals surface area contributed by atoms with Gasteiger partial charge in [0.15, 0.2) is 0 Å². The van der Waals surface area contributed by atoms with Gasteiger partial charge in [-0.1, -0.05) is 26.0 Å². The van der Waals surface area contributed by atoms with Gasteiger partial charge in [0, 0.05) is 18.7 Å². The maximum absolute atomic E-state index is 13.7. The van der Waals surface area contributed by atoms with E-state index >= 15 is 0 Å². The first-order valence-electron chi connectivity index (χ1n) is 6.35. The summed E-state index contributed by atoms with van der Waals surface area (Å²) in [5, 5.41) is 3.09. The Bertz CT molecular complexity index is 339. The molecule has 96 valence electrons. The van der Waals surface area contributed by atoms with Gasteiger partial charge in [0.2, 0.25) is 0 Å². The van der Waals surface area contributed by atoms with Gasteiger partial charge < -0.3 is 5.32 Å². The molecule has 0 saturated heterocycles. The molecule has 0 heterocycles. The average molecular weight is 238 g/mol. The van der Waals surface area contributed by atoms with E-state index < -0.39 is 0 Å². The van der Waals surface area contributed by atoms with Crippen LogP contribution >= 0.6 is 0 Å². The van der Waals surface area contributed by atoms with E-state index in [0.717, 1.165) is 37.2 Å². The minimum Gasteiger partial charge on any atom is -0.316 e. The van der Waals surface area contributed by atoms with Crippen molar-refractivity contribution in [2.45, 2.75) is 33.4 Å². The zero-order chi connectivity index (χ0) is 12.7. The third-order valence-electron chi connectivity index (χ3n) is 2.87. The molecule has 0 fully saturated rings. The van der Waals surface area contributed by atoms with Crippen LogP contribution in [0, 0.1) is 5.82 Å². The van der Waals surface area contributed by atoms with Gasteiger partial charge in [-0.25, -0.2) is 4.39 Å². The first kappa shape index (κ1) is 14.1. The number of nitrogens with zero attached hydrogens (tertiary/aromatic N) is 1. The smallest absolute Gasteiger partial charge is 0.127 e. The molecular formula is C14H23FN2. The molecule has 0 spiro atoms. The summed E-state index contributed by atoms with van der Waals surface area (Å²) in [6.07, 6.45) is 1.10. The van der Waals surface area contributed by atoms with Crippen LogP contribution in [-0.2, 0) is 13.1 Å². The van der Waals surface area contributed by atoms with E-state index in [0.29, 0.717) is 6.54 Å². The molecule has 0 bridgehead atoms. The molecule has 1 aromatic rings. The zero-order valence-electron chi connectivity index (χ0n) is 11.1. The van der Waals surface area contributed by atoms with Crippen molar-refractivity contribution in [3.8, 4) is 0 Å². The van der Waals surface area contributed by atoms with Crippen molar-refractivity contribution in [2.24, 2.45) is 0 Å². The molecule has 0 radical (unpaired) electrons. The lowest BCUT2D eigenvalue weighted by atomic mass is 10.1. The third-order valence-corrected chi connectivity index (χ3v) is 2.87. The van der Waals surface area contributed by atoms with Crippen molar-refractivity contribution in [1.29, 1.82) is 0 Å². The summed E-state index contributed by atoms with van der Waals surface area (Å²) in [5.74, 6) is -0.0978. The van der Waals surface area contributed by atoms with E-state index in [1.165, 1.54) is 0 Å². The van der Waals surface area contributed by atoms with Gasteiger partial charge in [0.05, 0.1) is 0 Å². The predicted octanol–water partition coefficient (Wildman–Crippen LogP) is 2.78. The minimum atomic E-state index is -0.0978. The summed E-state index contributed by atoms with van der Waals surface area (Å²) in [6.45, 7) is 7.73. The van der Waals surface area contributed by atoms with Crippen LogP contribution in [0.1, 0.15) is 31.4 Å². The lowest BCUT2D eigenvalue weighted by Gasteiger charge is -2.20. The number of hydrogen-bond acceptors (Lipinski definition) is 2. The second-order valence-corrected chi connectivity index (χ2v) is 4.32. The molecule has 1 rings (SSSR count). The van der Waals surface area contributed by atoms with Gasteiger partial charge in [-0.15, -0.1) is 0 Å². The van der Waals surface area contributed by atoms with Crippen LogP contribution in [0.15, 0.2) is 18.2 Å². The quantitative estimate of drug-likeness (QED) is 0.786. The molecule has 0 aromatic heterocycles. The molecule has 1 N–H and O–H groups in total. The monoisotopic (exact) mass is 238 g/mol. The largest absolute Gasteiger partial charge is 0.316 e. The van der Waals surface area contributed by atoms with Crippen molar-refractivity contribution in [2.75, 3.05) is 20.1 Å². The predicted molar refractivity (Wildman–Crippen MR) is 70.4 cm³/mol. The van der Waals surface area contributed by atoms with Crippen molar-refractivity contribution in [3.63, 3.8) is 0 Å². The Morgan fingerprint density at radius 2 is 2.06 bits per heavy atom. The molecule has 0 atom stereocenters. The first-order chi connectivity index (χ1) is 8.21. The molecule has 0 unspecified atom stereocenters. The summed E-state index contributed by atoms with van der Waals surface area (Å²) in [4.78, 5) is 2.27. The Morgan fingerprint density at radius 3 is 2.65 bits per heavy atom. The lowest BCUT2D eigenvalue weighted by Crippen LogP contribution is -2.24. The third kappa shape index (κ3) is 4.44.